The average Bonchev–Trinajstić information content (AvgIpc) is 3.04. The molecule has 0 aliphatic heterocycles. The van der Waals surface area contributed by atoms with Gasteiger partial charge in [0.2, 0.25) is 5.79 Å². The SMILES string of the molecule is CC(C(C)(C)C)C(C)(Oc1cc(I)cc(C(=O)Nc2nccs2)c1)O[SiH](C)C. The lowest BCUT2D eigenvalue weighted by molar-refractivity contribution is -0.165. The number of halogens is 1. The number of carbonyl (C=O) groups is 1. The smallest absolute Gasteiger partial charge is 0.257 e. The monoisotopic (exact) mass is 532 g/mol. The maximum absolute atomic E-state index is 12.6. The molecule has 0 bridgehead atoms. The Morgan fingerprint density at radius 2 is 1.93 bits per heavy atom. The van der Waals surface area contributed by atoms with Gasteiger partial charge in [-0.15, -0.1) is 11.3 Å². The Hall–Kier alpha value is -0.973. The minimum absolute atomic E-state index is 0.00498. The highest BCUT2D eigenvalue weighted by Crippen LogP contribution is 2.39. The highest BCUT2D eigenvalue weighted by molar-refractivity contribution is 14.1. The molecule has 28 heavy (non-hydrogen) atoms. The van der Waals surface area contributed by atoms with Crippen molar-refractivity contribution < 1.29 is 14.0 Å². The Morgan fingerprint density at radius 3 is 2.46 bits per heavy atom. The summed E-state index contributed by atoms with van der Waals surface area (Å²) in [4.78, 5) is 16.7. The summed E-state index contributed by atoms with van der Waals surface area (Å²) in [6.07, 6.45) is 1.66. The summed E-state index contributed by atoms with van der Waals surface area (Å²) in [6, 6.07) is 5.53. The zero-order valence-corrected chi connectivity index (χ0v) is 21.6. The zero-order valence-electron chi connectivity index (χ0n) is 17.5. The molecule has 0 saturated carbocycles. The van der Waals surface area contributed by atoms with Crippen LogP contribution in [0.4, 0.5) is 5.13 Å². The van der Waals surface area contributed by atoms with Crippen molar-refractivity contribution in [3.8, 4) is 5.75 Å². The van der Waals surface area contributed by atoms with Gasteiger partial charge in [0.25, 0.3) is 5.91 Å². The van der Waals surface area contributed by atoms with Crippen LogP contribution in [0.25, 0.3) is 0 Å². The lowest BCUT2D eigenvalue weighted by atomic mass is 9.77. The number of ether oxygens (including phenoxy) is 1. The van der Waals surface area contributed by atoms with E-state index in [9.17, 15) is 4.79 Å². The van der Waals surface area contributed by atoms with Crippen molar-refractivity contribution in [1.29, 1.82) is 0 Å². The van der Waals surface area contributed by atoms with E-state index in [1.807, 2.05) is 24.4 Å². The van der Waals surface area contributed by atoms with Gasteiger partial charge in [0.1, 0.15) is 5.75 Å². The van der Waals surface area contributed by atoms with Gasteiger partial charge in [-0.3, -0.25) is 10.1 Å². The molecule has 0 saturated heterocycles. The van der Waals surface area contributed by atoms with Crippen molar-refractivity contribution in [2.45, 2.75) is 53.5 Å². The Bertz CT molecular complexity index is 808. The number of anilines is 1. The Labute approximate surface area is 187 Å². The van der Waals surface area contributed by atoms with Gasteiger partial charge in [-0.05, 0) is 59.3 Å². The van der Waals surface area contributed by atoms with E-state index in [1.165, 1.54) is 11.3 Å². The van der Waals surface area contributed by atoms with Crippen LogP contribution in [0.15, 0.2) is 29.8 Å². The Kier molecular flexibility index (Phi) is 7.68. The molecule has 0 aliphatic carbocycles. The second-order valence-corrected chi connectivity index (χ2v) is 12.8. The van der Waals surface area contributed by atoms with Crippen LogP contribution in [0.1, 0.15) is 45.0 Å². The summed E-state index contributed by atoms with van der Waals surface area (Å²) in [5, 5.41) is 5.22. The lowest BCUT2D eigenvalue weighted by Crippen LogP contribution is -2.49. The van der Waals surface area contributed by atoms with Crippen molar-refractivity contribution in [2.24, 2.45) is 11.3 Å². The third-order valence-corrected chi connectivity index (χ3v) is 6.91. The summed E-state index contributed by atoms with van der Waals surface area (Å²) in [7, 11) is -1.36. The number of aromatic nitrogens is 1. The van der Waals surface area contributed by atoms with Crippen LogP contribution < -0.4 is 10.1 Å². The van der Waals surface area contributed by atoms with Gasteiger partial charge >= 0.3 is 0 Å². The van der Waals surface area contributed by atoms with Crippen LogP contribution in [-0.4, -0.2) is 25.7 Å². The second-order valence-electron chi connectivity index (χ2n) is 8.34. The van der Waals surface area contributed by atoms with Crippen molar-refractivity contribution >= 4 is 54.0 Å². The number of hydrogen-bond acceptors (Lipinski definition) is 5. The predicted molar refractivity (Wildman–Crippen MR) is 127 cm³/mol. The Morgan fingerprint density at radius 1 is 1.25 bits per heavy atom. The zero-order chi connectivity index (χ0) is 21.1. The van der Waals surface area contributed by atoms with E-state index in [0.29, 0.717) is 16.4 Å². The molecule has 2 unspecified atom stereocenters. The van der Waals surface area contributed by atoms with E-state index in [4.69, 9.17) is 9.16 Å². The molecule has 5 nitrogen and oxygen atoms in total. The molecule has 0 aliphatic rings. The minimum Gasteiger partial charge on any atom is -0.463 e. The van der Waals surface area contributed by atoms with Gasteiger partial charge in [-0.1, -0.05) is 27.7 Å². The van der Waals surface area contributed by atoms with E-state index in [-0.39, 0.29) is 17.2 Å². The number of rotatable bonds is 7. The summed E-state index contributed by atoms with van der Waals surface area (Å²) >= 11 is 3.59. The summed E-state index contributed by atoms with van der Waals surface area (Å²) in [5.74, 6) is -0.209. The number of thiazole rings is 1. The molecule has 1 aromatic carbocycles. The van der Waals surface area contributed by atoms with Crippen molar-refractivity contribution in [1.82, 2.24) is 4.98 Å². The van der Waals surface area contributed by atoms with E-state index in [1.54, 1.807) is 12.3 Å². The number of hydrogen-bond donors (Lipinski definition) is 1. The highest BCUT2D eigenvalue weighted by atomic mass is 127. The molecule has 1 aromatic heterocycles. The fourth-order valence-corrected chi connectivity index (χ4v) is 5.26. The molecule has 1 amide bonds. The molecule has 1 N–H and O–H groups in total. The first-order chi connectivity index (χ1) is 12.9. The van der Waals surface area contributed by atoms with Gasteiger partial charge in [0.05, 0.1) is 0 Å². The molecule has 0 spiro atoms. The van der Waals surface area contributed by atoms with E-state index >= 15 is 0 Å². The number of benzene rings is 1. The summed E-state index contributed by atoms with van der Waals surface area (Å²) in [5.41, 5.74) is 0.537. The third kappa shape index (κ3) is 6.26. The highest BCUT2D eigenvalue weighted by Gasteiger charge is 2.42. The topological polar surface area (TPSA) is 60.5 Å². The van der Waals surface area contributed by atoms with Crippen LogP contribution in [0, 0.1) is 14.9 Å². The fourth-order valence-electron chi connectivity index (χ4n) is 2.91. The predicted octanol–water partition coefficient (Wildman–Crippen LogP) is 5.78. The Balaban J connectivity index is 2.32. The van der Waals surface area contributed by atoms with Gasteiger partial charge in [0, 0.05) is 33.6 Å². The van der Waals surface area contributed by atoms with E-state index in [0.717, 1.165) is 3.57 Å². The summed E-state index contributed by atoms with van der Waals surface area (Å²) < 4.78 is 13.7. The standard InChI is InChI=1S/C20H29IN2O3SSi/c1-13(19(2,3)4)20(5,26-28(6)7)25-16-11-14(10-15(21)12-16)17(24)23-18-22-8-9-27-18/h8-13,28H,1-7H3,(H,22,23,24). The number of nitrogens with zero attached hydrogens (tertiary/aromatic N) is 1. The van der Waals surface area contributed by atoms with Crippen LogP contribution in [0.3, 0.4) is 0 Å². The molecular weight excluding hydrogens is 503 g/mol. The average molecular weight is 533 g/mol. The second kappa shape index (κ2) is 9.23. The molecule has 0 radical (unpaired) electrons. The minimum atomic E-state index is -1.36. The number of amides is 1. The van der Waals surface area contributed by atoms with E-state index < -0.39 is 14.8 Å². The van der Waals surface area contributed by atoms with Crippen LogP contribution in [0.5, 0.6) is 5.75 Å². The molecule has 1 heterocycles. The van der Waals surface area contributed by atoms with Gasteiger partial charge in [-0.2, -0.15) is 0 Å². The molecule has 2 atom stereocenters. The molecule has 8 heteroatoms. The summed E-state index contributed by atoms with van der Waals surface area (Å²) in [6.45, 7) is 15.0. The third-order valence-electron chi connectivity index (χ3n) is 4.66. The largest absolute Gasteiger partial charge is 0.463 e. The maximum Gasteiger partial charge on any atom is 0.257 e. The van der Waals surface area contributed by atoms with Crippen LogP contribution >= 0.6 is 33.9 Å². The van der Waals surface area contributed by atoms with Gasteiger partial charge in [0.15, 0.2) is 14.2 Å². The number of carbonyl (C=O) groups excluding carboxylic acids is 1. The van der Waals surface area contributed by atoms with Gasteiger partial charge < -0.3 is 9.16 Å². The first kappa shape index (κ1) is 23.3. The van der Waals surface area contributed by atoms with Gasteiger partial charge in [-0.25, -0.2) is 4.98 Å². The first-order valence-electron chi connectivity index (χ1n) is 9.29. The normalized spacial score (nSPS) is 15.2. The molecule has 154 valence electrons. The van der Waals surface area contributed by atoms with Crippen LogP contribution in [-0.2, 0) is 4.43 Å². The molecule has 2 aromatic rings. The van der Waals surface area contributed by atoms with Crippen molar-refractivity contribution in [3.63, 3.8) is 0 Å². The van der Waals surface area contributed by atoms with Crippen molar-refractivity contribution in [2.75, 3.05) is 5.32 Å². The first-order valence-corrected chi connectivity index (χ1v) is 14.0. The lowest BCUT2D eigenvalue weighted by Gasteiger charge is -2.43. The molecule has 0 fully saturated rings. The number of nitrogens with one attached hydrogen (secondary N) is 1. The van der Waals surface area contributed by atoms with Crippen molar-refractivity contribution in [3.05, 3.63) is 38.9 Å². The molecular formula is C20H29IN2O3SSi. The molecule has 2 rings (SSSR count). The maximum atomic E-state index is 12.6. The van der Waals surface area contributed by atoms with E-state index in [2.05, 4.69) is 73.7 Å². The quantitative estimate of drug-likeness (QED) is 0.279. The fraction of sp³-hybridized carbons (Fsp3) is 0.500. The van der Waals surface area contributed by atoms with Crippen LogP contribution in [0.2, 0.25) is 13.1 Å².